The van der Waals surface area contributed by atoms with Gasteiger partial charge in [0, 0.05) is 22.7 Å². The SMILES string of the molecule is O=C(CNc1cccc2ccccc12)N/N=C/c1ccc(O)cc1O. The van der Waals surface area contributed by atoms with Crippen LogP contribution in [0.2, 0.25) is 0 Å². The van der Waals surface area contributed by atoms with Crippen LogP contribution in [0.25, 0.3) is 10.8 Å². The second-order valence-electron chi connectivity index (χ2n) is 5.42. The normalized spacial score (nSPS) is 10.9. The highest BCUT2D eigenvalue weighted by Gasteiger charge is 2.03. The molecule has 0 saturated heterocycles. The number of aromatic hydroxyl groups is 2. The van der Waals surface area contributed by atoms with E-state index in [2.05, 4.69) is 15.8 Å². The molecule has 0 aliphatic rings. The van der Waals surface area contributed by atoms with Crippen molar-refractivity contribution in [2.24, 2.45) is 5.10 Å². The Morgan fingerprint density at radius 2 is 1.84 bits per heavy atom. The molecule has 0 radical (unpaired) electrons. The minimum Gasteiger partial charge on any atom is -0.508 e. The van der Waals surface area contributed by atoms with Gasteiger partial charge in [-0.3, -0.25) is 4.79 Å². The van der Waals surface area contributed by atoms with Gasteiger partial charge in [0.05, 0.1) is 12.8 Å². The van der Waals surface area contributed by atoms with Crippen molar-refractivity contribution in [3.05, 3.63) is 66.2 Å². The Kier molecular flexibility index (Phi) is 4.80. The predicted molar refractivity (Wildman–Crippen MR) is 97.9 cm³/mol. The first-order chi connectivity index (χ1) is 12.1. The van der Waals surface area contributed by atoms with E-state index in [0.717, 1.165) is 16.5 Å². The second-order valence-corrected chi connectivity index (χ2v) is 5.42. The van der Waals surface area contributed by atoms with Gasteiger partial charge in [0.1, 0.15) is 11.5 Å². The molecule has 3 aromatic carbocycles. The van der Waals surface area contributed by atoms with Gasteiger partial charge < -0.3 is 15.5 Å². The van der Waals surface area contributed by atoms with Crippen molar-refractivity contribution in [1.29, 1.82) is 0 Å². The fourth-order valence-electron chi connectivity index (χ4n) is 2.41. The van der Waals surface area contributed by atoms with E-state index in [1.165, 1.54) is 24.4 Å². The monoisotopic (exact) mass is 335 g/mol. The molecule has 0 fully saturated rings. The summed E-state index contributed by atoms with van der Waals surface area (Å²) in [4.78, 5) is 11.9. The zero-order valence-corrected chi connectivity index (χ0v) is 13.3. The van der Waals surface area contributed by atoms with Gasteiger partial charge in [0.25, 0.3) is 5.91 Å². The molecule has 6 nitrogen and oxygen atoms in total. The van der Waals surface area contributed by atoms with Crippen LogP contribution in [0.3, 0.4) is 0 Å². The zero-order chi connectivity index (χ0) is 17.6. The molecule has 6 heteroatoms. The van der Waals surface area contributed by atoms with Crippen LogP contribution in [0.15, 0.2) is 65.8 Å². The number of fused-ring (bicyclic) bond motifs is 1. The lowest BCUT2D eigenvalue weighted by molar-refractivity contribution is -0.119. The summed E-state index contributed by atoms with van der Waals surface area (Å²) in [5.41, 5.74) is 3.64. The summed E-state index contributed by atoms with van der Waals surface area (Å²) in [7, 11) is 0. The standard InChI is InChI=1S/C19H17N3O3/c23-15-9-8-14(18(24)10-15)11-21-22-19(25)12-20-17-7-3-5-13-4-1-2-6-16(13)17/h1-11,20,23-24H,12H2,(H,22,25)/b21-11+. The van der Waals surface area contributed by atoms with E-state index in [-0.39, 0.29) is 24.0 Å². The lowest BCUT2D eigenvalue weighted by Gasteiger charge is -2.08. The maximum atomic E-state index is 11.9. The summed E-state index contributed by atoms with van der Waals surface area (Å²) in [6.45, 7) is 0.0624. The number of phenols is 2. The quantitative estimate of drug-likeness (QED) is 0.426. The molecular weight excluding hydrogens is 318 g/mol. The molecule has 0 atom stereocenters. The zero-order valence-electron chi connectivity index (χ0n) is 13.3. The predicted octanol–water partition coefficient (Wildman–Crippen LogP) is 2.81. The summed E-state index contributed by atoms with van der Waals surface area (Å²) in [6.07, 6.45) is 1.31. The van der Waals surface area contributed by atoms with Crippen molar-refractivity contribution in [2.75, 3.05) is 11.9 Å². The van der Waals surface area contributed by atoms with Crippen LogP contribution in [-0.4, -0.2) is 28.9 Å². The molecule has 3 rings (SSSR count). The number of rotatable bonds is 5. The number of hydrogen-bond acceptors (Lipinski definition) is 5. The van der Waals surface area contributed by atoms with Crippen molar-refractivity contribution in [3.8, 4) is 11.5 Å². The Balaban J connectivity index is 1.58. The summed E-state index contributed by atoms with van der Waals surface area (Å²) >= 11 is 0. The van der Waals surface area contributed by atoms with E-state index >= 15 is 0 Å². The molecule has 25 heavy (non-hydrogen) atoms. The van der Waals surface area contributed by atoms with Crippen LogP contribution in [0.5, 0.6) is 11.5 Å². The topological polar surface area (TPSA) is 94.0 Å². The van der Waals surface area contributed by atoms with Crippen LogP contribution in [0, 0.1) is 0 Å². The number of carbonyl (C=O) groups excluding carboxylic acids is 1. The van der Waals surface area contributed by atoms with Gasteiger partial charge in [-0.15, -0.1) is 0 Å². The minimum atomic E-state index is -0.317. The number of carbonyl (C=O) groups is 1. The van der Waals surface area contributed by atoms with Crippen molar-refractivity contribution in [1.82, 2.24) is 5.43 Å². The first kappa shape index (κ1) is 16.3. The lowest BCUT2D eigenvalue weighted by atomic mass is 10.1. The van der Waals surface area contributed by atoms with E-state index in [0.29, 0.717) is 5.56 Å². The van der Waals surface area contributed by atoms with E-state index in [9.17, 15) is 15.0 Å². The Labute approximate surface area is 144 Å². The van der Waals surface area contributed by atoms with E-state index in [1.807, 2.05) is 42.5 Å². The maximum absolute atomic E-state index is 11.9. The number of phenolic OH excluding ortho intramolecular Hbond substituents is 2. The number of benzene rings is 3. The molecular formula is C19H17N3O3. The van der Waals surface area contributed by atoms with Gasteiger partial charge in [-0.1, -0.05) is 36.4 Å². The molecule has 0 aromatic heterocycles. The number of nitrogens with one attached hydrogen (secondary N) is 2. The Morgan fingerprint density at radius 1 is 1.04 bits per heavy atom. The second kappa shape index (κ2) is 7.35. The molecule has 3 aromatic rings. The fraction of sp³-hybridized carbons (Fsp3) is 0.0526. The van der Waals surface area contributed by atoms with Crippen molar-refractivity contribution in [2.45, 2.75) is 0 Å². The molecule has 0 aliphatic carbocycles. The van der Waals surface area contributed by atoms with E-state index in [4.69, 9.17) is 0 Å². The van der Waals surface area contributed by atoms with Crippen LogP contribution < -0.4 is 10.7 Å². The fourth-order valence-corrected chi connectivity index (χ4v) is 2.41. The molecule has 0 bridgehead atoms. The molecule has 126 valence electrons. The average molecular weight is 335 g/mol. The van der Waals surface area contributed by atoms with E-state index < -0.39 is 0 Å². The molecule has 1 amide bonds. The number of hydrazone groups is 1. The number of hydrogen-bond donors (Lipinski definition) is 4. The highest BCUT2D eigenvalue weighted by molar-refractivity contribution is 5.95. The third-order valence-electron chi connectivity index (χ3n) is 3.64. The summed E-state index contributed by atoms with van der Waals surface area (Å²) in [5, 5.41) is 27.9. The third-order valence-corrected chi connectivity index (χ3v) is 3.64. The number of nitrogens with zero attached hydrogens (tertiary/aromatic N) is 1. The van der Waals surface area contributed by atoms with Gasteiger partial charge in [0.2, 0.25) is 0 Å². The molecule has 0 saturated carbocycles. The minimum absolute atomic E-state index is 0.0435. The molecule has 0 heterocycles. The number of amides is 1. The first-order valence-electron chi connectivity index (χ1n) is 7.69. The average Bonchev–Trinajstić information content (AvgIpc) is 2.62. The Bertz CT molecular complexity index is 933. The first-order valence-corrected chi connectivity index (χ1v) is 7.69. The summed E-state index contributed by atoms with van der Waals surface area (Å²) in [5.74, 6) is -0.479. The van der Waals surface area contributed by atoms with Gasteiger partial charge in [-0.05, 0) is 23.6 Å². The highest BCUT2D eigenvalue weighted by Crippen LogP contribution is 2.22. The van der Waals surface area contributed by atoms with Crippen molar-refractivity contribution >= 4 is 28.6 Å². The van der Waals surface area contributed by atoms with Crippen LogP contribution in [-0.2, 0) is 4.79 Å². The molecule has 0 spiro atoms. The highest BCUT2D eigenvalue weighted by atomic mass is 16.3. The Morgan fingerprint density at radius 3 is 2.68 bits per heavy atom. The molecule has 0 unspecified atom stereocenters. The van der Waals surface area contributed by atoms with Crippen molar-refractivity contribution < 1.29 is 15.0 Å². The summed E-state index contributed by atoms with van der Waals surface area (Å²) in [6, 6.07) is 17.9. The van der Waals surface area contributed by atoms with E-state index in [1.54, 1.807) is 0 Å². The Hall–Kier alpha value is -3.54. The van der Waals surface area contributed by atoms with Gasteiger partial charge >= 0.3 is 0 Å². The maximum Gasteiger partial charge on any atom is 0.259 e. The van der Waals surface area contributed by atoms with Gasteiger partial charge in [0.15, 0.2) is 0 Å². The summed E-state index contributed by atoms with van der Waals surface area (Å²) < 4.78 is 0. The molecule has 0 aliphatic heterocycles. The lowest BCUT2D eigenvalue weighted by Crippen LogP contribution is -2.25. The third kappa shape index (κ3) is 4.06. The molecule has 4 N–H and O–H groups in total. The largest absolute Gasteiger partial charge is 0.508 e. The van der Waals surface area contributed by atoms with Gasteiger partial charge in [-0.25, -0.2) is 5.43 Å². The number of anilines is 1. The van der Waals surface area contributed by atoms with Gasteiger partial charge in [-0.2, -0.15) is 5.10 Å². The van der Waals surface area contributed by atoms with Crippen LogP contribution in [0.4, 0.5) is 5.69 Å². The van der Waals surface area contributed by atoms with Crippen molar-refractivity contribution in [3.63, 3.8) is 0 Å². The van der Waals surface area contributed by atoms with Crippen LogP contribution >= 0.6 is 0 Å². The van der Waals surface area contributed by atoms with Crippen LogP contribution in [0.1, 0.15) is 5.56 Å². The smallest absolute Gasteiger partial charge is 0.259 e.